The summed E-state index contributed by atoms with van der Waals surface area (Å²) in [5.41, 5.74) is 3.15. The molecule has 4 heteroatoms. The van der Waals surface area contributed by atoms with Crippen molar-refractivity contribution in [3.05, 3.63) is 40.5 Å². The summed E-state index contributed by atoms with van der Waals surface area (Å²) >= 11 is 5.99. The van der Waals surface area contributed by atoms with Crippen molar-refractivity contribution in [1.82, 2.24) is 9.97 Å². The lowest BCUT2D eigenvalue weighted by molar-refractivity contribution is 0.997. The Morgan fingerprint density at radius 3 is 2.58 bits per heavy atom. The molecule has 0 amide bonds. The van der Waals surface area contributed by atoms with Crippen molar-refractivity contribution in [2.45, 2.75) is 27.2 Å². The lowest BCUT2D eigenvalue weighted by atomic mass is 10.1. The Balaban J connectivity index is 2.51. The largest absolute Gasteiger partial charge is 0.370 e. The van der Waals surface area contributed by atoms with E-state index < -0.39 is 0 Å². The number of benzene rings is 1. The van der Waals surface area contributed by atoms with Gasteiger partial charge < -0.3 is 5.32 Å². The molecule has 0 saturated carbocycles. The molecule has 2 aromatic rings. The van der Waals surface area contributed by atoms with Crippen LogP contribution in [0.15, 0.2) is 24.3 Å². The first-order chi connectivity index (χ1) is 9.13. The van der Waals surface area contributed by atoms with E-state index in [0.29, 0.717) is 0 Å². The molecule has 1 aromatic carbocycles. The van der Waals surface area contributed by atoms with E-state index in [1.54, 1.807) is 0 Å². The molecule has 1 aromatic heterocycles. The number of rotatable bonds is 4. The van der Waals surface area contributed by atoms with Crippen molar-refractivity contribution >= 4 is 17.4 Å². The van der Waals surface area contributed by atoms with Crippen LogP contribution in [0.2, 0.25) is 5.02 Å². The van der Waals surface area contributed by atoms with Crippen LogP contribution < -0.4 is 5.32 Å². The van der Waals surface area contributed by atoms with Crippen molar-refractivity contribution in [2.75, 3.05) is 11.9 Å². The molecule has 1 heterocycles. The Morgan fingerprint density at radius 1 is 1.16 bits per heavy atom. The molecule has 0 fully saturated rings. The standard InChI is InChI=1S/C15H18ClN3/c1-4-12-9-14(17-5-2)19-15(18-12)13-7-6-11(16)8-10(13)3/h6-9H,4-5H2,1-3H3,(H,17,18,19). The van der Waals surface area contributed by atoms with Crippen LogP contribution in [-0.2, 0) is 6.42 Å². The fourth-order valence-electron chi connectivity index (χ4n) is 1.95. The number of halogens is 1. The highest BCUT2D eigenvalue weighted by Crippen LogP contribution is 2.24. The topological polar surface area (TPSA) is 37.8 Å². The quantitative estimate of drug-likeness (QED) is 0.913. The molecule has 3 nitrogen and oxygen atoms in total. The molecule has 0 aliphatic carbocycles. The van der Waals surface area contributed by atoms with Crippen LogP contribution in [0.3, 0.4) is 0 Å². The average molecular weight is 276 g/mol. The maximum absolute atomic E-state index is 5.99. The summed E-state index contributed by atoms with van der Waals surface area (Å²) < 4.78 is 0. The third-order valence-corrected chi connectivity index (χ3v) is 3.16. The Kier molecular flexibility index (Phi) is 4.38. The molecule has 1 N–H and O–H groups in total. The molecule has 0 unspecified atom stereocenters. The molecular weight excluding hydrogens is 258 g/mol. The molecular formula is C15H18ClN3. The maximum atomic E-state index is 5.99. The molecule has 100 valence electrons. The highest BCUT2D eigenvalue weighted by atomic mass is 35.5. The van der Waals surface area contributed by atoms with Crippen molar-refractivity contribution in [1.29, 1.82) is 0 Å². The predicted molar refractivity (Wildman–Crippen MR) is 80.8 cm³/mol. The molecule has 2 rings (SSSR count). The molecule has 0 bridgehead atoms. The van der Waals surface area contributed by atoms with Gasteiger partial charge in [-0.3, -0.25) is 0 Å². The molecule has 19 heavy (non-hydrogen) atoms. The summed E-state index contributed by atoms with van der Waals surface area (Å²) in [4.78, 5) is 9.17. The van der Waals surface area contributed by atoms with Gasteiger partial charge in [-0.1, -0.05) is 18.5 Å². The van der Waals surface area contributed by atoms with Gasteiger partial charge in [-0.2, -0.15) is 0 Å². The normalized spacial score (nSPS) is 10.5. The molecule has 0 radical (unpaired) electrons. The SMILES string of the molecule is CCNc1cc(CC)nc(-c2ccc(Cl)cc2C)n1. The molecule has 0 atom stereocenters. The van der Waals surface area contributed by atoms with Gasteiger partial charge in [-0.15, -0.1) is 0 Å². The van der Waals surface area contributed by atoms with E-state index in [1.165, 1.54) is 0 Å². The second-order valence-corrected chi connectivity index (χ2v) is 4.85. The molecule has 0 saturated heterocycles. The van der Waals surface area contributed by atoms with Gasteiger partial charge in [0.2, 0.25) is 0 Å². The number of aryl methyl sites for hydroxylation is 2. The number of anilines is 1. The van der Waals surface area contributed by atoms with Gasteiger partial charge in [-0.25, -0.2) is 9.97 Å². The molecule has 0 aliphatic heterocycles. The van der Waals surface area contributed by atoms with Crippen LogP contribution in [0.5, 0.6) is 0 Å². The smallest absolute Gasteiger partial charge is 0.162 e. The van der Waals surface area contributed by atoms with Crippen LogP contribution >= 0.6 is 11.6 Å². The van der Waals surface area contributed by atoms with E-state index in [0.717, 1.165) is 46.5 Å². The van der Waals surface area contributed by atoms with E-state index >= 15 is 0 Å². The summed E-state index contributed by atoms with van der Waals surface area (Å²) in [6, 6.07) is 7.78. The summed E-state index contributed by atoms with van der Waals surface area (Å²) in [6.45, 7) is 7.02. The highest BCUT2D eigenvalue weighted by Gasteiger charge is 2.08. The van der Waals surface area contributed by atoms with Gasteiger partial charge >= 0.3 is 0 Å². The highest BCUT2D eigenvalue weighted by molar-refractivity contribution is 6.30. The van der Waals surface area contributed by atoms with Gasteiger partial charge in [0, 0.05) is 28.9 Å². The fourth-order valence-corrected chi connectivity index (χ4v) is 2.18. The van der Waals surface area contributed by atoms with E-state index in [9.17, 15) is 0 Å². The molecule has 0 aliphatic rings. The minimum absolute atomic E-state index is 0.736. The number of nitrogens with one attached hydrogen (secondary N) is 1. The van der Waals surface area contributed by atoms with Crippen LogP contribution in [-0.4, -0.2) is 16.5 Å². The van der Waals surface area contributed by atoms with Crippen LogP contribution in [0.1, 0.15) is 25.1 Å². The lowest BCUT2D eigenvalue weighted by Gasteiger charge is -2.10. The Morgan fingerprint density at radius 2 is 1.95 bits per heavy atom. The summed E-state index contributed by atoms with van der Waals surface area (Å²) in [5, 5.41) is 3.98. The van der Waals surface area contributed by atoms with Crippen molar-refractivity contribution in [2.24, 2.45) is 0 Å². The summed E-state index contributed by atoms with van der Waals surface area (Å²) in [7, 11) is 0. The zero-order chi connectivity index (χ0) is 13.8. The first kappa shape index (κ1) is 13.8. The first-order valence-electron chi connectivity index (χ1n) is 6.52. The number of aromatic nitrogens is 2. The zero-order valence-corrected chi connectivity index (χ0v) is 12.3. The monoisotopic (exact) mass is 275 g/mol. The van der Waals surface area contributed by atoms with Gasteiger partial charge in [0.25, 0.3) is 0 Å². The Labute approximate surface area is 119 Å². The summed E-state index contributed by atoms with van der Waals surface area (Å²) in [6.07, 6.45) is 0.889. The van der Waals surface area contributed by atoms with Crippen LogP contribution in [0, 0.1) is 6.92 Å². The second kappa shape index (κ2) is 6.02. The lowest BCUT2D eigenvalue weighted by Crippen LogP contribution is -2.04. The third-order valence-electron chi connectivity index (χ3n) is 2.93. The molecule has 0 spiro atoms. The van der Waals surface area contributed by atoms with Gasteiger partial charge in [-0.05, 0) is 44.0 Å². The predicted octanol–water partition coefficient (Wildman–Crippen LogP) is 4.10. The van der Waals surface area contributed by atoms with E-state index in [2.05, 4.69) is 29.1 Å². The van der Waals surface area contributed by atoms with Crippen molar-refractivity contribution in [3.63, 3.8) is 0 Å². The minimum atomic E-state index is 0.736. The summed E-state index contributed by atoms with van der Waals surface area (Å²) in [5.74, 6) is 1.63. The number of nitrogens with zero attached hydrogens (tertiary/aromatic N) is 2. The van der Waals surface area contributed by atoms with Crippen molar-refractivity contribution in [3.8, 4) is 11.4 Å². The van der Waals surface area contributed by atoms with E-state index in [4.69, 9.17) is 11.6 Å². The van der Waals surface area contributed by atoms with E-state index in [1.807, 2.05) is 31.2 Å². The number of hydrogen-bond donors (Lipinski definition) is 1. The van der Waals surface area contributed by atoms with Crippen LogP contribution in [0.4, 0.5) is 5.82 Å². The number of hydrogen-bond acceptors (Lipinski definition) is 3. The second-order valence-electron chi connectivity index (χ2n) is 4.41. The third kappa shape index (κ3) is 3.24. The van der Waals surface area contributed by atoms with E-state index in [-0.39, 0.29) is 0 Å². The van der Waals surface area contributed by atoms with Gasteiger partial charge in [0.15, 0.2) is 5.82 Å². The first-order valence-corrected chi connectivity index (χ1v) is 6.90. The maximum Gasteiger partial charge on any atom is 0.162 e. The fraction of sp³-hybridized carbons (Fsp3) is 0.333. The zero-order valence-electron chi connectivity index (χ0n) is 11.5. The Hall–Kier alpha value is -1.61. The van der Waals surface area contributed by atoms with Gasteiger partial charge in [0.05, 0.1) is 0 Å². The van der Waals surface area contributed by atoms with Crippen molar-refractivity contribution < 1.29 is 0 Å². The van der Waals surface area contributed by atoms with Gasteiger partial charge in [0.1, 0.15) is 5.82 Å². The van der Waals surface area contributed by atoms with Crippen LogP contribution in [0.25, 0.3) is 11.4 Å². The average Bonchev–Trinajstić information content (AvgIpc) is 2.38. The Bertz CT molecular complexity index is 582. The minimum Gasteiger partial charge on any atom is -0.370 e.